The Labute approximate surface area is 163 Å². The zero-order valence-electron chi connectivity index (χ0n) is 15.8. The van der Waals surface area contributed by atoms with Crippen molar-refractivity contribution in [1.29, 1.82) is 0 Å². The lowest BCUT2D eigenvalue weighted by Gasteiger charge is -2.27. The summed E-state index contributed by atoms with van der Waals surface area (Å²) in [6.45, 7) is 3.77. The van der Waals surface area contributed by atoms with Gasteiger partial charge in [0.15, 0.2) is 6.61 Å². The summed E-state index contributed by atoms with van der Waals surface area (Å²) >= 11 is 0. The molecule has 0 unspecified atom stereocenters. The molecule has 0 saturated heterocycles. The second-order valence-electron chi connectivity index (χ2n) is 6.42. The van der Waals surface area contributed by atoms with Gasteiger partial charge in [-0.3, -0.25) is 9.59 Å². The van der Waals surface area contributed by atoms with Gasteiger partial charge in [0, 0.05) is 12.5 Å². The van der Waals surface area contributed by atoms with Crippen LogP contribution in [0.1, 0.15) is 30.6 Å². The standard InChI is InChI=1S/C21H22N2O5/c1-3-27-16-10-8-15(9-11-16)21(26)28-13-20(25)23-14(2)12-19(24)22-17-6-4-5-7-18(17)23/h4-11,14H,3,12-13H2,1-2H3,(H,22,24)/t14-/m0/s1. The third kappa shape index (κ3) is 4.31. The van der Waals surface area contributed by atoms with Crippen LogP contribution in [0.2, 0.25) is 0 Å². The van der Waals surface area contributed by atoms with E-state index >= 15 is 0 Å². The highest BCUT2D eigenvalue weighted by Gasteiger charge is 2.30. The van der Waals surface area contributed by atoms with Gasteiger partial charge in [-0.05, 0) is 50.2 Å². The van der Waals surface area contributed by atoms with Crippen molar-refractivity contribution in [2.45, 2.75) is 26.3 Å². The summed E-state index contributed by atoms with van der Waals surface area (Å²) in [7, 11) is 0. The Hall–Kier alpha value is -3.35. The fourth-order valence-electron chi connectivity index (χ4n) is 3.10. The number of fused-ring (bicyclic) bond motifs is 1. The van der Waals surface area contributed by atoms with Crippen molar-refractivity contribution >= 4 is 29.2 Å². The highest BCUT2D eigenvalue weighted by Crippen LogP contribution is 2.31. The number of benzene rings is 2. The normalized spacial score (nSPS) is 15.9. The molecule has 0 fully saturated rings. The summed E-state index contributed by atoms with van der Waals surface area (Å²) in [6, 6.07) is 13.2. The van der Waals surface area contributed by atoms with Gasteiger partial charge in [0.1, 0.15) is 5.75 Å². The number of nitrogens with zero attached hydrogens (tertiary/aromatic N) is 1. The predicted molar refractivity (Wildman–Crippen MR) is 105 cm³/mol. The highest BCUT2D eigenvalue weighted by molar-refractivity contribution is 6.05. The van der Waals surface area contributed by atoms with Gasteiger partial charge in [0.25, 0.3) is 5.91 Å². The number of hydrogen-bond donors (Lipinski definition) is 1. The summed E-state index contributed by atoms with van der Waals surface area (Å²) in [5, 5.41) is 2.79. The number of hydrogen-bond acceptors (Lipinski definition) is 5. The Balaban J connectivity index is 1.70. The number of rotatable bonds is 5. The number of carbonyl (C=O) groups is 3. The van der Waals surface area contributed by atoms with Gasteiger partial charge in [-0.2, -0.15) is 0 Å². The van der Waals surface area contributed by atoms with Gasteiger partial charge in [0.05, 0.1) is 23.5 Å². The Morgan fingerprint density at radius 1 is 1.14 bits per heavy atom. The van der Waals surface area contributed by atoms with Crippen molar-refractivity contribution in [3.05, 3.63) is 54.1 Å². The van der Waals surface area contributed by atoms with Crippen molar-refractivity contribution in [2.75, 3.05) is 23.4 Å². The van der Waals surface area contributed by atoms with E-state index in [2.05, 4.69) is 5.32 Å². The van der Waals surface area contributed by atoms with Gasteiger partial charge in [-0.15, -0.1) is 0 Å². The quantitative estimate of drug-likeness (QED) is 0.804. The molecule has 1 heterocycles. The Kier molecular flexibility index (Phi) is 5.93. The molecule has 0 saturated carbocycles. The van der Waals surface area contributed by atoms with Crippen molar-refractivity contribution in [2.24, 2.45) is 0 Å². The molecule has 1 N–H and O–H groups in total. The highest BCUT2D eigenvalue weighted by atomic mass is 16.5. The molecule has 0 aromatic heterocycles. The first-order valence-electron chi connectivity index (χ1n) is 9.10. The molecule has 1 atom stereocenters. The molecular weight excluding hydrogens is 360 g/mol. The lowest BCUT2D eigenvalue weighted by molar-refractivity contribution is -0.122. The molecule has 0 aliphatic carbocycles. The number of para-hydroxylation sites is 2. The number of carbonyl (C=O) groups excluding carboxylic acids is 3. The van der Waals surface area contributed by atoms with E-state index in [9.17, 15) is 14.4 Å². The molecular formula is C21H22N2O5. The molecule has 7 nitrogen and oxygen atoms in total. The van der Waals surface area contributed by atoms with Gasteiger partial charge >= 0.3 is 5.97 Å². The summed E-state index contributed by atoms with van der Waals surface area (Å²) in [6.07, 6.45) is 0.160. The molecule has 2 aromatic rings. The fourth-order valence-corrected chi connectivity index (χ4v) is 3.10. The third-order valence-corrected chi connectivity index (χ3v) is 4.36. The van der Waals surface area contributed by atoms with Crippen LogP contribution in [0.15, 0.2) is 48.5 Å². The Morgan fingerprint density at radius 3 is 2.57 bits per heavy atom. The fraction of sp³-hybridized carbons (Fsp3) is 0.286. The third-order valence-electron chi connectivity index (χ3n) is 4.36. The summed E-state index contributed by atoms with van der Waals surface area (Å²) in [5.74, 6) is -0.499. The molecule has 0 spiro atoms. The molecule has 7 heteroatoms. The van der Waals surface area contributed by atoms with Crippen molar-refractivity contribution in [1.82, 2.24) is 0 Å². The van der Waals surface area contributed by atoms with Crippen molar-refractivity contribution in [3.63, 3.8) is 0 Å². The van der Waals surface area contributed by atoms with Crippen LogP contribution in [0.3, 0.4) is 0 Å². The largest absolute Gasteiger partial charge is 0.494 e. The van der Waals surface area contributed by atoms with Crippen LogP contribution < -0.4 is 15.0 Å². The van der Waals surface area contributed by atoms with Crippen LogP contribution >= 0.6 is 0 Å². The smallest absolute Gasteiger partial charge is 0.338 e. The van der Waals surface area contributed by atoms with Gasteiger partial charge < -0.3 is 19.7 Å². The number of amides is 2. The summed E-state index contributed by atoms with van der Waals surface area (Å²) < 4.78 is 10.5. The number of ether oxygens (including phenoxy) is 2. The molecule has 146 valence electrons. The molecule has 0 bridgehead atoms. The minimum atomic E-state index is -0.596. The van der Waals surface area contributed by atoms with Crippen LogP contribution in [0.4, 0.5) is 11.4 Å². The zero-order chi connectivity index (χ0) is 20.1. The monoisotopic (exact) mass is 382 g/mol. The van der Waals surface area contributed by atoms with Crippen LogP contribution in [0.5, 0.6) is 5.75 Å². The van der Waals surface area contributed by atoms with Crippen LogP contribution in [-0.2, 0) is 14.3 Å². The average molecular weight is 382 g/mol. The predicted octanol–water partition coefficient (Wildman–Crippen LogP) is 3.01. The van der Waals surface area contributed by atoms with Gasteiger partial charge in [0.2, 0.25) is 5.91 Å². The first-order valence-corrected chi connectivity index (χ1v) is 9.10. The lowest BCUT2D eigenvalue weighted by atomic mass is 10.1. The van der Waals surface area contributed by atoms with Crippen LogP contribution in [-0.4, -0.2) is 37.0 Å². The molecule has 28 heavy (non-hydrogen) atoms. The molecule has 0 radical (unpaired) electrons. The maximum atomic E-state index is 12.8. The first-order chi connectivity index (χ1) is 13.5. The minimum absolute atomic E-state index is 0.160. The summed E-state index contributed by atoms with van der Waals surface area (Å²) in [5.41, 5.74) is 1.48. The van der Waals surface area contributed by atoms with Crippen LogP contribution in [0, 0.1) is 0 Å². The Bertz CT molecular complexity index is 879. The van der Waals surface area contributed by atoms with E-state index in [1.807, 2.05) is 6.92 Å². The van der Waals surface area contributed by atoms with Gasteiger partial charge in [-0.25, -0.2) is 4.79 Å². The second kappa shape index (κ2) is 8.56. The minimum Gasteiger partial charge on any atom is -0.494 e. The van der Waals surface area contributed by atoms with E-state index in [4.69, 9.17) is 9.47 Å². The molecule has 2 amide bonds. The van der Waals surface area contributed by atoms with E-state index < -0.39 is 18.5 Å². The molecule has 1 aliphatic heterocycles. The van der Waals surface area contributed by atoms with E-state index in [-0.39, 0.29) is 18.4 Å². The van der Waals surface area contributed by atoms with Crippen molar-refractivity contribution in [3.8, 4) is 5.75 Å². The number of anilines is 2. The summed E-state index contributed by atoms with van der Waals surface area (Å²) in [4.78, 5) is 38.5. The van der Waals surface area contributed by atoms with Gasteiger partial charge in [-0.1, -0.05) is 12.1 Å². The van der Waals surface area contributed by atoms with E-state index in [0.717, 1.165) is 0 Å². The maximum Gasteiger partial charge on any atom is 0.338 e. The van der Waals surface area contributed by atoms with E-state index in [0.29, 0.717) is 29.3 Å². The topological polar surface area (TPSA) is 84.9 Å². The average Bonchev–Trinajstić information content (AvgIpc) is 2.81. The molecule has 2 aromatic carbocycles. The molecule has 1 aliphatic rings. The second-order valence-corrected chi connectivity index (χ2v) is 6.42. The van der Waals surface area contributed by atoms with Crippen LogP contribution in [0.25, 0.3) is 0 Å². The molecule has 3 rings (SSSR count). The first kappa shape index (κ1) is 19.4. The van der Waals surface area contributed by atoms with Crippen molar-refractivity contribution < 1.29 is 23.9 Å². The number of esters is 1. The zero-order valence-corrected chi connectivity index (χ0v) is 15.8. The SMILES string of the molecule is CCOc1ccc(C(=O)OCC(=O)N2c3ccccc3NC(=O)C[C@@H]2C)cc1. The lowest BCUT2D eigenvalue weighted by Crippen LogP contribution is -2.41. The Morgan fingerprint density at radius 2 is 1.86 bits per heavy atom. The number of nitrogens with one attached hydrogen (secondary N) is 1. The van der Waals surface area contributed by atoms with E-state index in [1.54, 1.807) is 55.5 Å². The maximum absolute atomic E-state index is 12.8. The van der Waals surface area contributed by atoms with E-state index in [1.165, 1.54) is 4.90 Å².